The standard InChI is InChI=1S/C47H33N3O/c1-49-45(33-18-10-4-11-19-33)46-44(48-47(49)34-20-12-5-13-21-34)38-25-24-37(30-43(38)51-46)50-41-26-22-35(31-14-6-2-7-15-31)28-39(41)40-29-36(23-27-42(40)50)32-16-8-3-9-17-32/h2-30,45H,1H3. The number of aromatic nitrogens is 1. The molecule has 2 aromatic heterocycles. The van der Waals surface area contributed by atoms with Gasteiger partial charge in [-0.1, -0.05) is 133 Å². The summed E-state index contributed by atoms with van der Waals surface area (Å²) in [6.07, 6.45) is 0. The van der Waals surface area contributed by atoms with E-state index in [2.05, 4.69) is 186 Å². The lowest BCUT2D eigenvalue weighted by atomic mass is 9.98. The van der Waals surface area contributed by atoms with Gasteiger partial charge >= 0.3 is 0 Å². The predicted molar refractivity (Wildman–Crippen MR) is 210 cm³/mol. The molecule has 51 heavy (non-hydrogen) atoms. The normalized spacial score (nSPS) is 14.3. The summed E-state index contributed by atoms with van der Waals surface area (Å²) in [4.78, 5) is 7.51. The van der Waals surface area contributed by atoms with Crippen LogP contribution in [0.3, 0.4) is 0 Å². The molecule has 0 saturated carbocycles. The Morgan fingerprint density at radius 2 is 1.02 bits per heavy atom. The Morgan fingerprint density at radius 3 is 1.59 bits per heavy atom. The van der Waals surface area contributed by atoms with E-state index in [1.54, 1.807) is 0 Å². The molecule has 0 amide bonds. The molecule has 4 heteroatoms. The van der Waals surface area contributed by atoms with Crippen molar-refractivity contribution in [1.29, 1.82) is 0 Å². The average molecular weight is 656 g/mol. The molecule has 0 radical (unpaired) electrons. The van der Waals surface area contributed by atoms with Crippen LogP contribution in [-0.4, -0.2) is 22.4 Å². The van der Waals surface area contributed by atoms with Crippen LogP contribution in [0.15, 0.2) is 185 Å². The number of nitrogens with zero attached hydrogens (tertiary/aromatic N) is 3. The van der Waals surface area contributed by atoms with Crippen LogP contribution in [0.4, 0.5) is 5.69 Å². The summed E-state index contributed by atoms with van der Waals surface area (Å²) < 4.78 is 9.24. The van der Waals surface area contributed by atoms with Crippen LogP contribution in [-0.2, 0) is 0 Å². The predicted octanol–water partition coefficient (Wildman–Crippen LogP) is 12.0. The second-order valence-electron chi connectivity index (χ2n) is 13.3. The number of rotatable bonds is 5. The van der Waals surface area contributed by atoms with Gasteiger partial charge in [-0.15, -0.1) is 0 Å². The zero-order valence-corrected chi connectivity index (χ0v) is 28.1. The average Bonchev–Trinajstić information content (AvgIpc) is 3.73. The van der Waals surface area contributed by atoms with Crippen LogP contribution in [0.5, 0.6) is 0 Å². The monoisotopic (exact) mass is 655 g/mol. The fourth-order valence-electron chi connectivity index (χ4n) is 7.80. The van der Waals surface area contributed by atoms with Crippen LogP contribution in [0.25, 0.3) is 60.7 Å². The number of benzene rings is 7. The maximum atomic E-state index is 6.87. The van der Waals surface area contributed by atoms with E-state index in [9.17, 15) is 0 Å². The van der Waals surface area contributed by atoms with Crippen molar-refractivity contribution in [1.82, 2.24) is 9.47 Å². The van der Waals surface area contributed by atoms with E-state index in [-0.39, 0.29) is 6.04 Å². The van der Waals surface area contributed by atoms with E-state index in [0.29, 0.717) is 0 Å². The summed E-state index contributed by atoms with van der Waals surface area (Å²) in [7, 11) is 2.11. The van der Waals surface area contributed by atoms with E-state index in [1.807, 2.05) is 6.07 Å². The fraction of sp³-hybridized carbons (Fsp3) is 0.0426. The van der Waals surface area contributed by atoms with Gasteiger partial charge in [-0.3, -0.25) is 0 Å². The van der Waals surface area contributed by atoms with Gasteiger partial charge in [0.1, 0.15) is 23.1 Å². The summed E-state index contributed by atoms with van der Waals surface area (Å²) in [6, 6.07) is 62.3. The number of hydrogen-bond donors (Lipinski definition) is 0. The molecular weight excluding hydrogens is 623 g/mol. The zero-order chi connectivity index (χ0) is 33.9. The highest BCUT2D eigenvalue weighted by atomic mass is 16.3. The SMILES string of the molecule is CN1C(c2ccccc2)=Nc2c(oc3cc(-n4c5ccc(-c6ccccc6)cc5c5cc(-c6ccccc6)ccc54)ccc23)C1c1ccccc1. The first-order valence-corrected chi connectivity index (χ1v) is 17.4. The summed E-state index contributed by atoms with van der Waals surface area (Å²) >= 11 is 0. The Balaban J connectivity index is 1.19. The maximum absolute atomic E-state index is 6.87. The first kappa shape index (κ1) is 29.3. The molecule has 1 aliphatic heterocycles. The van der Waals surface area contributed by atoms with Gasteiger partial charge in [0.05, 0.1) is 11.0 Å². The van der Waals surface area contributed by atoms with Gasteiger partial charge in [-0.25, -0.2) is 4.99 Å². The van der Waals surface area contributed by atoms with E-state index in [4.69, 9.17) is 9.41 Å². The lowest BCUT2D eigenvalue weighted by Gasteiger charge is -2.33. The Hall–Kier alpha value is -6.65. The van der Waals surface area contributed by atoms with Crippen molar-refractivity contribution in [2.75, 3.05) is 7.05 Å². The summed E-state index contributed by atoms with van der Waals surface area (Å²) in [5.41, 5.74) is 12.1. The molecule has 7 aromatic carbocycles. The molecule has 0 bridgehead atoms. The van der Waals surface area contributed by atoms with Crippen molar-refractivity contribution in [3.8, 4) is 27.9 Å². The molecule has 9 aromatic rings. The number of hydrogen-bond acceptors (Lipinski definition) is 3. The van der Waals surface area contributed by atoms with Gasteiger partial charge in [0.2, 0.25) is 0 Å². The topological polar surface area (TPSA) is 33.7 Å². The highest BCUT2D eigenvalue weighted by molar-refractivity contribution is 6.12. The second kappa shape index (κ2) is 11.7. The van der Waals surface area contributed by atoms with Crippen molar-refractivity contribution < 1.29 is 4.42 Å². The minimum atomic E-state index is -0.120. The minimum Gasteiger partial charge on any atom is -0.456 e. The molecule has 242 valence electrons. The van der Waals surface area contributed by atoms with Crippen LogP contribution >= 0.6 is 0 Å². The molecule has 10 rings (SSSR count). The molecule has 1 atom stereocenters. The van der Waals surface area contributed by atoms with Gasteiger partial charge in [-0.05, 0) is 64.2 Å². The van der Waals surface area contributed by atoms with Crippen molar-refractivity contribution in [3.05, 3.63) is 193 Å². The van der Waals surface area contributed by atoms with Crippen molar-refractivity contribution >= 4 is 44.3 Å². The van der Waals surface area contributed by atoms with Crippen LogP contribution in [0, 0.1) is 0 Å². The van der Waals surface area contributed by atoms with Gasteiger partial charge in [0, 0.05) is 40.5 Å². The maximum Gasteiger partial charge on any atom is 0.158 e. The third-order valence-corrected chi connectivity index (χ3v) is 10.2. The van der Waals surface area contributed by atoms with Crippen molar-refractivity contribution in [2.24, 2.45) is 4.99 Å². The number of amidine groups is 1. The zero-order valence-electron chi connectivity index (χ0n) is 28.1. The molecule has 0 spiro atoms. The molecule has 0 saturated heterocycles. The Bertz CT molecular complexity index is 2650. The molecule has 0 N–H and O–H groups in total. The summed E-state index contributed by atoms with van der Waals surface area (Å²) in [5.74, 6) is 1.78. The van der Waals surface area contributed by atoms with Crippen molar-refractivity contribution in [2.45, 2.75) is 6.04 Å². The Labute approximate surface area is 296 Å². The molecule has 4 nitrogen and oxygen atoms in total. The molecule has 0 aliphatic carbocycles. The summed E-state index contributed by atoms with van der Waals surface area (Å²) in [5, 5.41) is 3.44. The van der Waals surface area contributed by atoms with E-state index in [0.717, 1.165) is 56.1 Å². The van der Waals surface area contributed by atoms with Crippen molar-refractivity contribution in [3.63, 3.8) is 0 Å². The highest BCUT2D eigenvalue weighted by Gasteiger charge is 2.34. The highest BCUT2D eigenvalue weighted by Crippen LogP contribution is 2.46. The fourth-order valence-corrected chi connectivity index (χ4v) is 7.80. The lowest BCUT2D eigenvalue weighted by molar-refractivity contribution is 0.360. The van der Waals surface area contributed by atoms with Crippen LogP contribution < -0.4 is 0 Å². The number of fused-ring (bicyclic) bond motifs is 6. The first-order valence-electron chi connectivity index (χ1n) is 17.4. The Morgan fingerprint density at radius 1 is 0.490 bits per heavy atom. The van der Waals surface area contributed by atoms with E-state index in [1.165, 1.54) is 33.0 Å². The number of furan rings is 1. The number of aliphatic imine (C=N–C) groups is 1. The molecule has 3 heterocycles. The van der Waals surface area contributed by atoms with Crippen LogP contribution in [0.1, 0.15) is 22.9 Å². The molecule has 1 aliphatic rings. The molecule has 0 fully saturated rings. The smallest absolute Gasteiger partial charge is 0.158 e. The van der Waals surface area contributed by atoms with Gasteiger partial charge < -0.3 is 13.9 Å². The largest absolute Gasteiger partial charge is 0.456 e. The minimum absolute atomic E-state index is 0.120. The van der Waals surface area contributed by atoms with Gasteiger partial charge in [-0.2, -0.15) is 0 Å². The van der Waals surface area contributed by atoms with Gasteiger partial charge in [0.15, 0.2) is 5.76 Å². The molecular formula is C47H33N3O. The third-order valence-electron chi connectivity index (χ3n) is 10.2. The lowest BCUT2D eigenvalue weighted by Crippen LogP contribution is -2.34. The van der Waals surface area contributed by atoms with E-state index < -0.39 is 0 Å². The quantitative estimate of drug-likeness (QED) is 0.185. The van der Waals surface area contributed by atoms with Crippen LogP contribution in [0.2, 0.25) is 0 Å². The second-order valence-corrected chi connectivity index (χ2v) is 13.3. The molecule has 1 unspecified atom stereocenters. The Kier molecular flexibility index (Phi) is 6.75. The van der Waals surface area contributed by atoms with E-state index >= 15 is 0 Å². The first-order chi connectivity index (χ1) is 25.2. The summed E-state index contributed by atoms with van der Waals surface area (Å²) in [6.45, 7) is 0. The van der Waals surface area contributed by atoms with Gasteiger partial charge in [0.25, 0.3) is 0 Å². The third kappa shape index (κ3) is 4.79.